The van der Waals surface area contributed by atoms with Crippen LogP contribution >= 0.6 is 28.1 Å². The van der Waals surface area contributed by atoms with E-state index in [-0.39, 0.29) is 28.1 Å². The fourth-order valence-corrected chi connectivity index (χ4v) is 6.08. The van der Waals surface area contributed by atoms with Crippen molar-refractivity contribution in [3.05, 3.63) is 42.0 Å². The summed E-state index contributed by atoms with van der Waals surface area (Å²) in [6.07, 6.45) is 5.40. The summed E-state index contributed by atoms with van der Waals surface area (Å²) in [6, 6.07) is 9.69. The lowest BCUT2D eigenvalue weighted by molar-refractivity contribution is -0.134. The molecule has 0 unspecified atom stereocenters. The maximum absolute atomic E-state index is 13.3. The number of halogens is 1. The van der Waals surface area contributed by atoms with Gasteiger partial charge in [-0.15, -0.1) is 0 Å². The molecule has 0 radical (unpaired) electrons. The predicted octanol–water partition coefficient (Wildman–Crippen LogP) is 3.92. The Kier molecular flexibility index (Phi) is 4.72. The number of amides is 1. The summed E-state index contributed by atoms with van der Waals surface area (Å²) in [6.45, 7) is 4.44. The average Bonchev–Trinajstić information content (AvgIpc) is 3.17. The number of rotatable bonds is 4. The number of aliphatic hydroxyl groups is 1. The lowest BCUT2D eigenvalue weighted by Gasteiger charge is -2.42. The lowest BCUT2D eigenvalue weighted by Crippen LogP contribution is -2.59. The van der Waals surface area contributed by atoms with Gasteiger partial charge in [-0.1, -0.05) is 72.3 Å². The molecule has 4 rings (SSSR count). The van der Waals surface area contributed by atoms with E-state index in [4.69, 9.17) is 17.0 Å². The van der Waals surface area contributed by atoms with Crippen molar-refractivity contribution in [3.8, 4) is 0 Å². The van der Waals surface area contributed by atoms with Crippen LogP contribution in [-0.4, -0.2) is 43.7 Å². The van der Waals surface area contributed by atoms with E-state index in [0.717, 1.165) is 24.8 Å². The molecular formula is C21H24BrNO3S. The molecule has 5 atom stereocenters. The second kappa shape index (κ2) is 6.68. The van der Waals surface area contributed by atoms with Gasteiger partial charge >= 0.3 is 0 Å². The smallest absolute Gasteiger partial charge is 0.267 e. The quantitative estimate of drug-likeness (QED) is 0.558. The second-order valence-electron chi connectivity index (χ2n) is 8.33. The van der Waals surface area contributed by atoms with Gasteiger partial charge in [0.15, 0.2) is 0 Å². The molecule has 1 N–H and O–H groups in total. The predicted molar refractivity (Wildman–Crippen MR) is 112 cm³/mol. The van der Waals surface area contributed by atoms with Gasteiger partial charge in [0.25, 0.3) is 5.17 Å². The van der Waals surface area contributed by atoms with Crippen molar-refractivity contribution in [2.75, 3.05) is 0 Å². The number of alkyl halides is 1. The monoisotopic (exact) mass is 449 g/mol. The SMILES string of the molecule is CC1(C)[C@@H]2CC[C@@]13[C@@H](C2)OC(=S)N3C(=O)[C@H](Br)[C@@H](O)/C=C/c1ccccc1. The van der Waals surface area contributed by atoms with Gasteiger partial charge in [-0.3, -0.25) is 9.69 Å². The highest BCUT2D eigenvalue weighted by Gasteiger charge is 2.73. The van der Waals surface area contributed by atoms with Crippen LogP contribution in [0.2, 0.25) is 0 Å². The fraction of sp³-hybridized carbons (Fsp3) is 0.524. The van der Waals surface area contributed by atoms with Crippen LogP contribution in [0.5, 0.6) is 0 Å². The molecule has 1 aromatic rings. The zero-order chi connectivity index (χ0) is 19.4. The minimum atomic E-state index is -0.960. The van der Waals surface area contributed by atoms with Gasteiger partial charge in [-0.05, 0) is 48.4 Å². The van der Waals surface area contributed by atoms with E-state index in [2.05, 4.69) is 29.8 Å². The number of carbonyl (C=O) groups is 1. The molecule has 1 amide bonds. The molecule has 1 aromatic carbocycles. The first kappa shape index (κ1) is 19.1. The number of benzene rings is 1. The normalized spacial score (nSPS) is 33.2. The van der Waals surface area contributed by atoms with Crippen molar-refractivity contribution in [3.63, 3.8) is 0 Å². The summed E-state index contributed by atoms with van der Waals surface area (Å²) >= 11 is 8.85. The zero-order valence-corrected chi connectivity index (χ0v) is 17.9. The van der Waals surface area contributed by atoms with E-state index in [1.54, 1.807) is 11.0 Å². The van der Waals surface area contributed by atoms with Crippen molar-refractivity contribution >= 4 is 45.3 Å². The maximum Gasteiger partial charge on any atom is 0.267 e. The Morgan fingerprint density at radius 1 is 1.41 bits per heavy atom. The molecule has 144 valence electrons. The Hall–Kier alpha value is -1.24. The van der Waals surface area contributed by atoms with E-state index in [1.807, 2.05) is 36.4 Å². The molecule has 27 heavy (non-hydrogen) atoms. The Bertz CT molecular complexity index is 796. The average molecular weight is 450 g/mol. The number of hydrogen-bond acceptors (Lipinski definition) is 4. The van der Waals surface area contributed by atoms with E-state index in [1.165, 1.54) is 0 Å². The molecule has 2 saturated carbocycles. The highest BCUT2D eigenvalue weighted by Crippen LogP contribution is 2.66. The minimum absolute atomic E-state index is 0.0283. The summed E-state index contributed by atoms with van der Waals surface area (Å²) in [5.74, 6) is 0.320. The van der Waals surface area contributed by atoms with E-state index in [9.17, 15) is 9.90 Å². The lowest BCUT2D eigenvalue weighted by atomic mass is 9.74. The van der Waals surface area contributed by atoms with E-state index >= 15 is 0 Å². The largest absolute Gasteiger partial charge is 0.465 e. The molecule has 3 aliphatic rings. The maximum atomic E-state index is 13.3. The van der Waals surface area contributed by atoms with Crippen molar-refractivity contribution in [2.24, 2.45) is 11.3 Å². The first-order valence-corrected chi connectivity index (χ1v) is 10.7. The molecule has 1 spiro atoms. The first-order chi connectivity index (χ1) is 12.8. The molecular weight excluding hydrogens is 426 g/mol. The van der Waals surface area contributed by atoms with Gasteiger partial charge in [0.05, 0.1) is 11.6 Å². The third-order valence-electron chi connectivity index (χ3n) is 6.91. The van der Waals surface area contributed by atoms with Crippen molar-refractivity contribution < 1.29 is 14.6 Å². The van der Waals surface area contributed by atoms with Gasteiger partial charge in [0.2, 0.25) is 5.91 Å². The van der Waals surface area contributed by atoms with Crippen molar-refractivity contribution in [2.45, 2.75) is 55.7 Å². The Balaban J connectivity index is 1.56. The van der Waals surface area contributed by atoms with Gasteiger partial charge in [0, 0.05) is 0 Å². The summed E-state index contributed by atoms with van der Waals surface area (Å²) in [4.78, 5) is 14.2. The number of thiocarbonyl (C=S) groups is 1. The Morgan fingerprint density at radius 3 is 2.78 bits per heavy atom. The summed E-state index contributed by atoms with van der Waals surface area (Å²) in [5.41, 5.74) is 0.532. The zero-order valence-electron chi connectivity index (χ0n) is 15.5. The standard InChI is InChI=1S/C21H24BrNO3S/c1-20(2)14-10-11-21(20)16(12-14)26-19(27)23(21)18(25)17(22)15(24)9-8-13-6-4-3-5-7-13/h3-9,14-17,24H,10-12H2,1-2H3/b9-8+/t14-,15+,16-,17-,21-/m1/s1. The van der Waals surface area contributed by atoms with Crippen LogP contribution in [0.25, 0.3) is 6.08 Å². The Labute approximate surface area is 173 Å². The molecule has 2 bridgehead atoms. The van der Waals surface area contributed by atoms with Gasteiger partial charge in [-0.2, -0.15) is 0 Å². The second-order valence-corrected chi connectivity index (χ2v) is 9.66. The summed E-state index contributed by atoms with van der Waals surface area (Å²) < 4.78 is 5.95. The first-order valence-electron chi connectivity index (χ1n) is 9.39. The van der Waals surface area contributed by atoms with Crippen LogP contribution < -0.4 is 0 Å². The van der Waals surface area contributed by atoms with Crippen molar-refractivity contribution in [1.29, 1.82) is 0 Å². The third kappa shape index (κ3) is 2.71. The number of carbonyl (C=O) groups excluding carboxylic acids is 1. The van der Waals surface area contributed by atoms with Crippen LogP contribution in [-0.2, 0) is 9.53 Å². The molecule has 4 nitrogen and oxygen atoms in total. The number of aliphatic hydroxyl groups excluding tert-OH is 1. The number of ether oxygens (including phenoxy) is 1. The molecule has 1 aliphatic heterocycles. The van der Waals surface area contributed by atoms with Crippen LogP contribution in [0.1, 0.15) is 38.7 Å². The summed E-state index contributed by atoms with van der Waals surface area (Å²) in [5, 5.41) is 10.8. The minimum Gasteiger partial charge on any atom is -0.465 e. The van der Waals surface area contributed by atoms with Crippen LogP contribution in [0.3, 0.4) is 0 Å². The van der Waals surface area contributed by atoms with Gasteiger partial charge < -0.3 is 9.84 Å². The van der Waals surface area contributed by atoms with E-state index in [0.29, 0.717) is 5.92 Å². The highest BCUT2D eigenvalue weighted by molar-refractivity contribution is 9.10. The number of hydrogen-bond donors (Lipinski definition) is 1. The van der Waals surface area contributed by atoms with Crippen LogP contribution in [0, 0.1) is 11.3 Å². The molecule has 1 saturated heterocycles. The fourth-order valence-electron chi connectivity index (χ4n) is 5.33. The number of nitrogens with zero attached hydrogens (tertiary/aromatic N) is 1. The molecule has 0 aromatic heterocycles. The van der Waals surface area contributed by atoms with E-state index < -0.39 is 10.9 Å². The summed E-state index contributed by atoms with van der Waals surface area (Å²) in [7, 11) is 0. The van der Waals surface area contributed by atoms with Crippen LogP contribution in [0.4, 0.5) is 0 Å². The highest BCUT2D eigenvalue weighted by atomic mass is 79.9. The van der Waals surface area contributed by atoms with Gasteiger partial charge in [-0.25, -0.2) is 0 Å². The molecule has 3 fully saturated rings. The molecule has 2 aliphatic carbocycles. The topological polar surface area (TPSA) is 49.8 Å². The molecule has 6 heteroatoms. The van der Waals surface area contributed by atoms with Gasteiger partial charge in [0.1, 0.15) is 10.9 Å². The molecule has 1 heterocycles. The third-order valence-corrected chi connectivity index (χ3v) is 8.12. The Morgan fingerprint density at radius 2 is 2.11 bits per heavy atom. The number of fused-ring (bicyclic) bond motifs is 1. The van der Waals surface area contributed by atoms with Crippen molar-refractivity contribution in [1.82, 2.24) is 4.90 Å². The van der Waals surface area contributed by atoms with Crippen LogP contribution in [0.15, 0.2) is 36.4 Å².